The van der Waals surface area contributed by atoms with Crippen molar-refractivity contribution in [1.29, 1.82) is 0 Å². The van der Waals surface area contributed by atoms with Crippen molar-refractivity contribution in [2.24, 2.45) is 0 Å². The summed E-state index contributed by atoms with van der Waals surface area (Å²) in [5.41, 5.74) is 1.31. The highest BCUT2D eigenvalue weighted by Crippen LogP contribution is 2.27. The number of benzene rings is 2. The molecule has 0 aliphatic rings. The van der Waals surface area contributed by atoms with E-state index < -0.39 is 0 Å². The lowest BCUT2D eigenvalue weighted by molar-refractivity contribution is 0.224. The van der Waals surface area contributed by atoms with Crippen LogP contribution in [0.4, 0.5) is 4.79 Å². The van der Waals surface area contributed by atoms with Gasteiger partial charge in [-0.25, -0.2) is 4.79 Å². The molecule has 0 unspecified atom stereocenters. The minimum absolute atomic E-state index is 0.0389. The Bertz CT molecular complexity index is 651. The van der Waals surface area contributed by atoms with Crippen molar-refractivity contribution in [3.05, 3.63) is 64.1 Å². The lowest BCUT2D eigenvalue weighted by Crippen LogP contribution is -2.38. The molecular formula is C18H20Cl2N2O2. The standard InChI is InChI=1S/C18H20Cl2N2O2/c19-15-9-10-17(16(20)12-15)24-13-22-18(23)21-11-5-4-8-14-6-2-1-3-7-14/h1-3,6-7,9-10,12H,4-5,8,11,13H2,(H2,21,22,23). The number of nitrogens with one attached hydrogen (secondary N) is 2. The van der Waals surface area contributed by atoms with Gasteiger partial charge in [-0.1, -0.05) is 53.5 Å². The summed E-state index contributed by atoms with van der Waals surface area (Å²) < 4.78 is 5.39. The number of halogens is 2. The maximum absolute atomic E-state index is 11.6. The minimum Gasteiger partial charge on any atom is -0.472 e. The number of ether oxygens (including phenoxy) is 1. The molecule has 0 heterocycles. The fraction of sp³-hybridized carbons (Fsp3) is 0.278. The maximum atomic E-state index is 11.6. The molecule has 2 aromatic rings. The highest BCUT2D eigenvalue weighted by atomic mass is 35.5. The number of aryl methyl sites for hydroxylation is 1. The molecule has 0 aromatic heterocycles. The van der Waals surface area contributed by atoms with Crippen LogP contribution in [-0.2, 0) is 6.42 Å². The van der Waals surface area contributed by atoms with Gasteiger partial charge in [-0.05, 0) is 43.0 Å². The summed E-state index contributed by atoms with van der Waals surface area (Å²) in [7, 11) is 0. The molecule has 0 saturated carbocycles. The third kappa shape index (κ3) is 6.69. The first-order chi connectivity index (χ1) is 11.6. The third-order valence-electron chi connectivity index (χ3n) is 3.37. The molecule has 2 amide bonds. The summed E-state index contributed by atoms with van der Waals surface area (Å²) >= 11 is 11.8. The molecule has 0 fully saturated rings. The van der Waals surface area contributed by atoms with E-state index in [-0.39, 0.29) is 12.8 Å². The van der Waals surface area contributed by atoms with Crippen molar-refractivity contribution in [3.63, 3.8) is 0 Å². The number of carbonyl (C=O) groups excluding carboxylic acids is 1. The fourth-order valence-electron chi connectivity index (χ4n) is 2.13. The van der Waals surface area contributed by atoms with E-state index in [9.17, 15) is 4.79 Å². The highest BCUT2D eigenvalue weighted by Gasteiger charge is 2.03. The Hall–Kier alpha value is -1.91. The molecule has 0 spiro atoms. The van der Waals surface area contributed by atoms with Gasteiger partial charge in [0.05, 0.1) is 5.02 Å². The monoisotopic (exact) mass is 366 g/mol. The van der Waals surface area contributed by atoms with Crippen molar-refractivity contribution >= 4 is 29.2 Å². The zero-order valence-corrected chi connectivity index (χ0v) is 14.7. The van der Waals surface area contributed by atoms with Crippen molar-refractivity contribution in [2.75, 3.05) is 13.3 Å². The first-order valence-corrected chi connectivity index (χ1v) is 8.54. The fourth-order valence-corrected chi connectivity index (χ4v) is 2.60. The quantitative estimate of drug-likeness (QED) is 0.527. The van der Waals surface area contributed by atoms with Crippen LogP contribution < -0.4 is 15.4 Å². The summed E-state index contributed by atoms with van der Waals surface area (Å²) in [5, 5.41) is 6.36. The van der Waals surface area contributed by atoms with Gasteiger partial charge in [-0.2, -0.15) is 0 Å². The van der Waals surface area contributed by atoms with Crippen molar-refractivity contribution in [2.45, 2.75) is 19.3 Å². The zero-order chi connectivity index (χ0) is 17.2. The first-order valence-electron chi connectivity index (χ1n) is 7.78. The van der Waals surface area contributed by atoms with Gasteiger partial charge in [-0.15, -0.1) is 0 Å². The zero-order valence-electron chi connectivity index (χ0n) is 13.2. The Balaban J connectivity index is 1.55. The van der Waals surface area contributed by atoms with Gasteiger partial charge in [0, 0.05) is 11.6 Å². The SMILES string of the molecule is O=C(NCCCCc1ccccc1)NCOc1ccc(Cl)cc1Cl. The molecule has 4 nitrogen and oxygen atoms in total. The molecule has 0 radical (unpaired) electrons. The third-order valence-corrected chi connectivity index (χ3v) is 3.91. The van der Waals surface area contributed by atoms with Crippen LogP contribution >= 0.6 is 23.2 Å². The van der Waals surface area contributed by atoms with E-state index in [1.165, 1.54) is 5.56 Å². The molecule has 24 heavy (non-hydrogen) atoms. The molecule has 0 saturated heterocycles. The normalized spacial score (nSPS) is 10.2. The average molecular weight is 367 g/mol. The molecule has 0 aliphatic carbocycles. The largest absolute Gasteiger partial charge is 0.472 e. The molecular weight excluding hydrogens is 347 g/mol. The minimum atomic E-state index is -0.264. The van der Waals surface area contributed by atoms with Crippen molar-refractivity contribution < 1.29 is 9.53 Å². The van der Waals surface area contributed by atoms with Crippen LogP contribution in [-0.4, -0.2) is 19.3 Å². The van der Waals surface area contributed by atoms with Crippen LogP contribution in [0.3, 0.4) is 0 Å². The summed E-state index contributed by atoms with van der Waals surface area (Å²) in [5.74, 6) is 0.476. The van der Waals surface area contributed by atoms with Crippen LogP contribution in [0.15, 0.2) is 48.5 Å². The van der Waals surface area contributed by atoms with E-state index in [1.807, 2.05) is 18.2 Å². The maximum Gasteiger partial charge on any atom is 0.317 e. The Morgan fingerprint density at radius 3 is 2.54 bits per heavy atom. The second kappa shape index (κ2) is 10.1. The van der Waals surface area contributed by atoms with Crippen LogP contribution in [0, 0.1) is 0 Å². The van der Waals surface area contributed by atoms with Crippen molar-refractivity contribution in [3.8, 4) is 5.75 Å². The summed E-state index contributed by atoms with van der Waals surface area (Å²) in [6.45, 7) is 0.664. The Morgan fingerprint density at radius 2 is 1.79 bits per heavy atom. The van der Waals surface area contributed by atoms with Gasteiger partial charge >= 0.3 is 6.03 Å². The second-order valence-electron chi connectivity index (χ2n) is 5.24. The van der Waals surface area contributed by atoms with Crippen LogP contribution in [0.5, 0.6) is 5.75 Å². The molecule has 6 heteroatoms. The topological polar surface area (TPSA) is 50.4 Å². The van der Waals surface area contributed by atoms with Gasteiger partial charge in [0.25, 0.3) is 0 Å². The number of amides is 2. The molecule has 2 N–H and O–H groups in total. The van der Waals surface area contributed by atoms with E-state index in [4.69, 9.17) is 27.9 Å². The number of hydrogen-bond acceptors (Lipinski definition) is 2. The molecule has 2 rings (SSSR count). The summed E-state index contributed by atoms with van der Waals surface area (Å²) in [4.78, 5) is 11.6. The van der Waals surface area contributed by atoms with Crippen molar-refractivity contribution in [1.82, 2.24) is 10.6 Å². The molecule has 0 atom stereocenters. The lowest BCUT2D eigenvalue weighted by Gasteiger charge is -2.10. The number of carbonyl (C=O) groups is 1. The summed E-state index contributed by atoms with van der Waals surface area (Å²) in [6, 6.07) is 15.0. The molecule has 0 bridgehead atoms. The Kier molecular flexibility index (Phi) is 7.72. The number of urea groups is 1. The lowest BCUT2D eigenvalue weighted by atomic mass is 10.1. The number of hydrogen-bond donors (Lipinski definition) is 2. The predicted octanol–water partition coefficient (Wildman–Crippen LogP) is 4.65. The first kappa shape index (κ1) is 18.4. The van der Waals surface area contributed by atoms with E-state index in [1.54, 1.807) is 18.2 Å². The highest BCUT2D eigenvalue weighted by molar-refractivity contribution is 6.35. The molecule has 0 aliphatic heterocycles. The van der Waals surface area contributed by atoms with E-state index >= 15 is 0 Å². The van der Waals surface area contributed by atoms with Gasteiger partial charge in [-0.3, -0.25) is 0 Å². The predicted molar refractivity (Wildman–Crippen MR) is 97.9 cm³/mol. The van der Waals surface area contributed by atoms with Crippen LogP contribution in [0.1, 0.15) is 18.4 Å². The summed E-state index contributed by atoms with van der Waals surface area (Å²) in [6.07, 6.45) is 2.97. The molecule has 128 valence electrons. The Morgan fingerprint density at radius 1 is 1.00 bits per heavy atom. The smallest absolute Gasteiger partial charge is 0.317 e. The van der Waals surface area contributed by atoms with Crippen LogP contribution in [0.2, 0.25) is 10.0 Å². The van der Waals surface area contributed by atoms with E-state index in [0.29, 0.717) is 22.3 Å². The van der Waals surface area contributed by atoms with Gasteiger partial charge in [0.15, 0.2) is 6.73 Å². The van der Waals surface area contributed by atoms with E-state index in [2.05, 4.69) is 22.8 Å². The van der Waals surface area contributed by atoms with Gasteiger partial charge in [0.1, 0.15) is 5.75 Å². The van der Waals surface area contributed by atoms with Gasteiger partial charge in [0.2, 0.25) is 0 Å². The van der Waals surface area contributed by atoms with Gasteiger partial charge < -0.3 is 15.4 Å². The molecule has 2 aromatic carbocycles. The van der Waals surface area contributed by atoms with Crippen LogP contribution in [0.25, 0.3) is 0 Å². The Labute approximate surface area is 152 Å². The number of rotatable bonds is 8. The van der Waals surface area contributed by atoms with E-state index in [0.717, 1.165) is 19.3 Å². The number of unbranched alkanes of at least 4 members (excludes halogenated alkanes) is 1. The second-order valence-corrected chi connectivity index (χ2v) is 6.08. The average Bonchev–Trinajstić information content (AvgIpc) is 2.57.